The molecule has 2 aromatic heterocycles. The number of fused-ring (bicyclic) bond motifs is 1. The van der Waals surface area contributed by atoms with Crippen LogP contribution in [0, 0.1) is 12.3 Å². The second-order valence-electron chi connectivity index (χ2n) is 4.79. The first kappa shape index (κ1) is 13.6. The molecule has 3 atom stereocenters. The number of nitrogens with one attached hydrogen (secondary N) is 1. The Hall–Kier alpha value is -2.41. The Morgan fingerprint density at radius 1 is 1.71 bits per heavy atom. The average molecular weight is 291 g/mol. The minimum absolute atomic E-state index is 0.0573. The highest BCUT2D eigenvalue weighted by Gasteiger charge is 2.47. The molecule has 0 aliphatic carbocycles. The summed E-state index contributed by atoms with van der Waals surface area (Å²) in [6, 6.07) is 0. The van der Waals surface area contributed by atoms with Gasteiger partial charge in [0.15, 0.2) is 16.8 Å². The predicted octanol–water partition coefficient (Wildman–Crippen LogP) is -1.65. The fourth-order valence-electron chi connectivity index (χ4n) is 2.39. The van der Waals surface area contributed by atoms with Crippen molar-refractivity contribution < 1.29 is 14.9 Å². The number of rotatable bonds is 2. The Morgan fingerprint density at radius 3 is 3.10 bits per heavy atom. The first-order valence-corrected chi connectivity index (χ1v) is 6.17. The van der Waals surface area contributed by atoms with Gasteiger partial charge < -0.3 is 20.7 Å². The van der Waals surface area contributed by atoms with Gasteiger partial charge in [0.25, 0.3) is 5.56 Å². The van der Waals surface area contributed by atoms with Crippen molar-refractivity contribution in [3.63, 3.8) is 0 Å². The van der Waals surface area contributed by atoms with Gasteiger partial charge in [0.05, 0.1) is 12.9 Å². The zero-order valence-corrected chi connectivity index (χ0v) is 10.9. The van der Waals surface area contributed by atoms with Crippen LogP contribution in [0.15, 0.2) is 11.1 Å². The number of anilines is 1. The molecule has 1 aliphatic heterocycles. The number of imidazole rings is 1. The lowest BCUT2D eigenvalue weighted by Gasteiger charge is -2.23. The topological polar surface area (TPSA) is 139 Å². The van der Waals surface area contributed by atoms with E-state index in [1.165, 1.54) is 10.9 Å². The number of aromatic nitrogens is 4. The lowest BCUT2D eigenvalue weighted by atomic mass is 9.99. The van der Waals surface area contributed by atoms with Gasteiger partial charge in [-0.2, -0.15) is 4.98 Å². The van der Waals surface area contributed by atoms with Crippen LogP contribution >= 0.6 is 0 Å². The number of ether oxygens (including phenoxy) is 1. The van der Waals surface area contributed by atoms with Gasteiger partial charge in [-0.3, -0.25) is 14.3 Å². The second kappa shape index (κ2) is 4.56. The molecule has 2 aromatic rings. The Kier molecular flexibility index (Phi) is 2.94. The summed E-state index contributed by atoms with van der Waals surface area (Å²) in [5.41, 5.74) is 3.89. The number of hydrogen-bond acceptors (Lipinski definition) is 7. The highest BCUT2D eigenvalue weighted by molar-refractivity contribution is 5.70. The molecule has 0 unspecified atom stereocenters. The number of nitrogen functional groups attached to an aromatic ring is 1. The lowest BCUT2D eigenvalue weighted by Crippen LogP contribution is -2.41. The van der Waals surface area contributed by atoms with Crippen molar-refractivity contribution in [2.24, 2.45) is 0 Å². The standard InChI is InChI=1S/C12H13N5O4/c1-2-12(4-18)6(19)3-7(21-12)17-5-14-8-9(17)15-11(13)16-10(8)20/h1,5-7,18-19H,3-4H2,(H3,13,15,16,20)/t6-,7+,12+/m0/s1. The molecule has 5 N–H and O–H groups in total. The maximum Gasteiger partial charge on any atom is 0.280 e. The maximum absolute atomic E-state index is 11.7. The number of nitrogens with two attached hydrogens (primary N) is 1. The van der Waals surface area contributed by atoms with Crippen molar-refractivity contribution in [3.05, 3.63) is 16.7 Å². The van der Waals surface area contributed by atoms with E-state index in [9.17, 15) is 15.0 Å². The summed E-state index contributed by atoms with van der Waals surface area (Å²) in [4.78, 5) is 22.0. The molecule has 1 aliphatic rings. The lowest BCUT2D eigenvalue weighted by molar-refractivity contribution is -0.0891. The molecule has 0 amide bonds. The van der Waals surface area contributed by atoms with Crippen molar-refractivity contribution in [1.82, 2.24) is 19.5 Å². The Morgan fingerprint density at radius 2 is 2.48 bits per heavy atom. The van der Waals surface area contributed by atoms with E-state index in [1.807, 2.05) is 0 Å². The summed E-state index contributed by atoms with van der Waals surface area (Å²) >= 11 is 0. The molecular weight excluding hydrogens is 278 g/mol. The monoisotopic (exact) mass is 291 g/mol. The van der Waals surface area contributed by atoms with Crippen molar-refractivity contribution in [3.8, 4) is 12.3 Å². The normalized spacial score (nSPS) is 28.8. The molecule has 9 nitrogen and oxygen atoms in total. The van der Waals surface area contributed by atoms with Crippen molar-refractivity contribution in [2.75, 3.05) is 12.3 Å². The summed E-state index contributed by atoms with van der Waals surface area (Å²) in [6.45, 7) is -0.524. The van der Waals surface area contributed by atoms with E-state index in [-0.39, 0.29) is 23.5 Å². The largest absolute Gasteiger partial charge is 0.392 e. The number of aliphatic hydroxyl groups excluding tert-OH is 2. The van der Waals surface area contributed by atoms with E-state index in [1.54, 1.807) is 0 Å². The van der Waals surface area contributed by atoms with Crippen LogP contribution in [0.3, 0.4) is 0 Å². The predicted molar refractivity (Wildman–Crippen MR) is 72.0 cm³/mol. The molecule has 110 valence electrons. The zero-order valence-electron chi connectivity index (χ0n) is 10.9. The Bertz CT molecular complexity index is 791. The van der Waals surface area contributed by atoms with E-state index in [0.717, 1.165) is 0 Å². The van der Waals surface area contributed by atoms with Crippen LogP contribution in [0.5, 0.6) is 0 Å². The maximum atomic E-state index is 11.7. The van der Waals surface area contributed by atoms with Crippen molar-refractivity contribution in [1.29, 1.82) is 0 Å². The molecule has 0 aromatic carbocycles. The number of aliphatic hydroxyl groups is 2. The number of hydrogen-bond donors (Lipinski definition) is 4. The molecule has 0 radical (unpaired) electrons. The molecule has 1 fully saturated rings. The zero-order chi connectivity index (χ0) is 15.2. The summed E-state index contributed by atoms with van der Waals surface area (Å²) in [6.07, 6.45) is 5.07. The molecule has 3 rings (SSSR count). The molecule has 0 bridgehead atoms. The SMILES string of the molecule is C#C[C@]1(CO)O[C@@H](n2cnc3c(=O)[nH]c(N)nc32)C[C@@H]1O. The van der Waals surface area contributed by atoms with Crippen LogP contribution in [0.4, 0.5) is 5.95 Å². The van der Waals surface area contributed by atoms with Crippen molar-refractivity contribution in [2.45, 2.75) is 24.4 Å². The van der Waals surface area contributed by atoms with Crippen LogP contribution < -0.4 is 11.3 Å². The summed E-state index contributed by atoms with van der Waals surface area (Å²) in [7, 11) is 0. The fraction of sp³-hybridized carbons (Fsp3) is 0.417. The van der Waals surface area contributed by atoms with Gasteiger partial charge in [0.1, 0.15) is 12.3 Å². The number of nitrogens with zero attached hydrogens (tertiary/aromatic N) is 3. The van der Waals surface area contributed by atoms with Gasteiger partial charge >= 0.3 is 0 Å². The third kappa shape index (κ3) is 1.89. The van der Waals surface area contributed by atoms with Crippen molar-refractivity contribution >= 4 is 17.1 Å². The van der Waals surface area contributed by atoms with E-state index < -0.39 is 30.1 Å². The third-order valence-electron chi connectivity index (χ3n) is 3.55. The van der Waals surface area contributed by atoms with Gasteiger partial charge in [0.2, 0.25) is 5.95 Å². The van der Waals surface area contributed by atoms with E-state index in [0.29, 0.717) is 0 Å². The van der Waals surface area contributed by atoms with Gasteiger partial charge in [-0.15, -0.1) is 6.42 Å². The minimum atomic E-state index is -1.48. The average Bonchev–Trinajstić information content (AvgIpc) is 3.00. The van der Waals surface area contributed by atoms with Gasteiger partial charge in [-0.1, -0.05) is 5.92 Å². The molecule has 3 heterocycles. The van der Waals surface area contributed by atoms with Crippen LogP contribution in [0.1, 0.15) is 12.6 Å². The van der Waals surface area contributed by atoms with Crippen LogP contribution in [-0.4, -0.2) is 48.0 Å². The van der Waals surface area contributed by atoms with E-state index >= 15 is 0 Å². The van der Waals surface area contributed by atoms with Crippen LogP contribution in [-0.2, 0) is 4.74 Å². The second-order valence-corrected chi connectivity index (χ2v) is 4.79. The van der Waals surface area contributed by atoms with Gasteiger partial charge in [-0.25, -0.2) is 4.98 Å². The first-order chi connectivity index (χ1) is 10.0. The molecule has 0 spiro atoms. The molecule has 21 heavy (non-hydrogen) atoms. The first-order valence-electron chi connectivity index (χ1n) is 6.17. The Labute approximate surface area is 118 Å². The molecular formula is C12H13N5O4. The van der Waals surface area contributed by atoms with Gasteiger partial charge in [0, 0.05) is 6.42 Å². The highest BCUT2D eigenvalue weighted by Crippen LogP contribution is 2.37. The minimum Gasteiger partial charge on any atom is -0.392 e. The van der Waals surface area contributed by atoms with Crippen LogP contribution in [0.25, 0.3) is 11.2 Å². The summed E-state index contributed by atoms with van der Waals surface area (Å²) < 4.78 is 7.04. The van der Waals surface area contributed by atoms with Gasteiger partial charge in [-0.05, 0) is 0 Å². The third-order valence-corrected chi connectivity index (χ3v) is 3.55. The number of terminal acetylenes is 1. The van der Waals surface area contributed by atoms with E-state index in [2.05, 4.69) is 20.9 Å². The molecule has 9 heteroatoms. The number of aromatic amines is 1. The molecule has 0 saturated carbocycles. The van der Waals surface area contributed by atoms with Crippen LogP contribution in [0.2, 0.25) is 0 Å². The fourth-order valence-corrected chi connectivity index (χ4v) is 2.39. The smallest absolute Gasteiger partial charge is 0.280 e. The highest BCUT2D eigenvalue weighted by atomic mass is 16.6. The quantitative estimate of drug-likeness (QED) is 0.486. The molecule has 1 saturated heterocycles. The summed E-state index contributed by atoms with van der Waals surface area (Å²) in [5, 5.41) is 19.4. The number of H-pyrrole nitrogens is 1. The van der Waals surface area contributed by atoms with E-state index in [4.69, 9.17) is 16.9 Å². The Balaban J connectivity index is 2.07. The summed E-state index contributed by atoms with van der Waals surface area (Å²) in [5.74, 6) is 2.21.